The summed E-state index contributed by atoms with van der Waals surface area (Å²) in [6, 6.07) is 5.57. The Balaban J connectivity index is 0.00000176. The molecule has 118 valence electrons. The number of hydrogen-bond donors (Lipinski definition) is 1. The number of nitrogens with one attached hydrogen (secondary N) is 1. The molecule has 0 saturated carbocycles. The zero-order valence-electron chi connectivity index (χ0n) is 12.6. The minimum atomic E-state index is 0. The molecule has 1 aromatic rings. The lowest BCUT2D eigenvalue weighted by atomic mass is 9.98. The lowest BCUT2D eigenvalue weighted by Gasteiger charge is -2.20. The molecule has 2 aliphatic heterocycles. The Morgan fingerprint density at radius 2 is 2.09 bits per heavy atom. The Bertz CT molecular complexity index is 658. The summed E-state index contributed by atoms with van der Waals surface area (Å²) in [5, 5.41) is 2.84. The summed E-state index contributed by atoms with van der Waals surface area (Å²) < 4.78 is 0. The Labute approximate surface area is 145 Å². The standard InChI is InChI=1S/C16H18N2O2S.BrH/c1-10-11(2)21-9-18(10)8-15(19)13-3-5-14-12(7-13)4-6-16(20)17-14;/h3,5,7H,4,6,8-9H2,1-2H3,(H,17,20);1H. The third-order valence-electron chi connectivity index (χ3n) is 4.08. The molecule has 1 aromatic carbocycles. The fraction of sp³-hybridized carbons (Fsp3) is 0.375. The van der Waals surface area contributed by atoms with Gasteiger partial charge in [-0.05, 0) is 44.0 Å². The molecule has 0 spiro atoms. The average molecular weight is 383 g/mol. The largest absolute Gasteiger partial charge is 0.357 e. The van der Waals surface area contributed by atoms with E-state index in [-0.39, 0.29) is 28.7 Å². The van der Waals surface area contributed by atoms with Gasteiger partial charge < -0.3 is 10.2 Å². The van der Waals surface area contributed by atoms with E-state index in [0.717, 1.165) is 22.7 Å². The van der Waals surface area contributed by atoms with Crippen LogP contribution >= 0.6 is 28.7 Å². The summed E-state index contributed by atoms with van der Waals surface area (Å²) in [5.41, 5.74) is 3.82. The molecule has 0 bridgehead atoms. The monoisotopic (exact) mass is 382 g/mol. The molecule has 0 aromatic heterocycles. The summed E-state index contributed by atoms with van der Waals surface area (Å²) in [6.45, 7) is 4.57. The number of hydrogen-bond acceptors (Lipinski definition) is 4. The van der Waals surface area contributed by atoms with Gasteiger partial charge in [-0.25, -0.2) is 0 Å². The lowest BCUT2D eigenvalue weighted by Crippen LogP contribution is -2.26. The van der Waals surface area contributed by atoms with Crippen molar-refractivity contribution in [1.29, 1.82) is 0 Å². The first kappa shape index (κ1) is 17.1. The minimum Gasteiger partial charge on any atom is -0.357 e. The number of carbonyl (C=O) groups excluding carboxylic acids is 2. The molecular weight excluding hydrogens is 364 g/mol. The Morgan fingerprint density at radius 1 is 1.32 bits per heavy atom. The summed E-state index contributed by atoms with van der Waals surface area (Å²) in [6.07, 6.45) is 1.20. The highest BCUT2D eigenvalue weighted by atomic mass is 79.9. The first-order valence-electron chi connectivity index (χ1n) is 7.06. The zero-order chi connectivity index (χ0) is 15.0. The molecule has 0 saturated heterocycles. The fourth-order valence-electron chi connectivity index (χ4n) is 2.58. The van der Waals surface area contributed by atoms with Crippen LogP contribution in [0.4, 0.5) is 5.69 Å². The molecule has 0 aliphatic carbocycles. The van der Waals surface area contributed by atoms with Gasteiger partial charge in [0.05, 0.1) is 12.4 Å². The maximum absolute atomic E-state index is 12.4. The van der Waals surface area contributed by atoms with Gasteiger partial charge in [0.15, 0.2) is 5.78 Å². The number of ketones is 1. The Kier molecular flexibility index (Phi) is 5.34. The average Bonchev–Trinajstić information content (AvgIpc) is 2.78. The number of anilines is 1. The third-order valence-corrected chi connectivity index (χ3v) is 5.25. The first-order chi connectivity index (χ1) is 10.0. The number of Topliss-reactive ketones (excluding diaryl/α,β-unsaturated/α-hetero) is 1. The lowest BCUT2D eigenvalue weighted by molar-refractivity contribution is -0.116. The van der Waals surface area contributed by atoms with Gasteiger partial charge in [-0.1, -0.05) is 0 Å². The predicted molar refractivity (Wildman–Crippen MR) is 95.6 cm³/mol. The van der Waals surface area contributed by atoms with Crippen molar-refractivity contribution in [2.75, 3.05) is 17.7 Å². The van der Waals surface area contributed by atoms with Crippen molar-refractivity contribution in [3.8, 4) is 0 Å². The molecule has 2 aliphatic rings. The number of nitrogens with zero attached hydrogens (tertiary/aromatic N) is 1. The van der Waals surface area contributed by atoms with E-state index in [1.807, 2.05) is 18.2 Å². The summed E-state index contributed by atoms with van der Waals surface area (Å²) in [7, 11) is 0. The molecule has 0 unspecified atom stereocenters. The van der Waals surface area contributed by atoms with E-state index in [4.69, 9.17) is 0 Å². The Hall–Kier alpha value is -1.27. The summed E-state index contributed by atoms with van der Waals surface area (Å²) in [5.74, 6) is 1.03. The van der Waals surface area contributed by atoms with Crippen LogP contribution in [-0.2, 0) is 11.2 Å². The van der Waals surface area contributed by atoms with Gasteiger partial charge in [0, 0.05) is 28.3 Å². The van der Waals surface area contributed by atoms with Gasteiger partial charge in [0.1, 0.15) is 0 Å². The van der Waals surface area contributed by atoms with Gasteiger partial charge in [0.25, 0.3) is 0 Å². The van der Waals surface area contributed by atoms with E-state index < -0.39 is 0 Å². The second-order valence-corrected chi connectivity index (χ2v) is 6.62. The third kappa shape index (κ3) is 3.38. The number of thioether (sulfide) groups is 1. The van der Waals surface area contributed by atoms with Crippen molar-refractivity contribution in [3.05, 3.63) is 39.9 Å². The molecule has 2 heterocycles. The van der Waals surface area contributed by atoms with Crippen LogP contribution in [0.2, 0.25) is 0 Å². The van der Waals surface area contributed by atoms with Gasteiger partial charge in [-0.2, -0.15) is 0 Å². The number of halogens is 1. The van der Waals surface area contributed by atoms with Crippen LogP contribution in [0.15, 0.2) is 28.8 Å². The molecule has 1 amide bonds. The normalized spacial score (nSPS) is 17.0. The topological polar surface area (TPSA) is 49.4 Å². The van der Waals surface area contributed by atoms with Crippen LogP contribution in [0.25, 0.3) is 0 Å². The summed E-state index contributed by atoms with van der Waals surface area (Å²) >= 11 is 1.78. The highest BCUT2D eigenvalue weighted by Gasteiger charge is 2.21. The molecule has 1 N–H and O–H groups in total. The maximum Gasteiger partial charge on any atom is 0.224 e. The van der Waals surface area contributed by atoms with E-state index in [1.54, 1.807) is 11.8 Å². The van der Waals surface area contributed by atoms with Crippen molar-refractivity contribution in [2.45, 2.75) is 26.7 Å². The van der Waals surface area contributed by atoms with Gasteiger partial charge in [0.2, 0.25) is 5.91 Å². The van der Waals surface area contributed by atoms with Crippen LogP contribution in [0.5, 0.6) is 0 Å². The smallest absolute Gasteiger partial charge is 0.224 e. The molecule has 0 atom stereocenters. The second-order valence-electron chi connectivity index (χ2n) is 5.46. The fourth-order valence-corrected chi connectivity index (χ4v) is 3.56. The Morgan fingerprint density at radius 3 is 2.77 bits per heavy atom. The second kappa shape index (κ2) is 6.87. The maximum atomic E-state index is 12.4. The molecular formula is C16H19BrN2O2S. The number of fused-ring (bicyclic) bond motifs is 1. The van der Waals surface area contributed by atoms with E-state index in [1.165, 1.54) is 10.6 Å². The van der Waals surface area contributed by atoms with Crippen molar-refractivity contribution >= 4 is 46.1 Å². The summed E-state index contributed by atoms with van der Waals surface area (Å²) in [4.78, 5) is 27.2. The molecule has 22 heavy (non-hydrogen) atoms. The van der Waals surface area contributed by atoms with Gasteiger partial charge in [-0.3, -0.25) is 9.59 Å². The van der Waals surface area contributed by atoms with Crippen LogP contribution in [0, 0.1) is 0 Å². The molecule has 4 nitrogen and oxygen atoms in total. The predicted octanol–water partition coefficient (Wildman–Crippen LogP) is 3.59. The molecule has 3 rings (SSSR count). The SMILES string of the molecule is Br.CC1=C(C)N(CC(=O)c2ccc3c(c2)CCC(=O)N3)CS1. The number of amides is 1. The highest BCUT2D eigenvalue weighted by molar-refractivity contribution is 8.93. The van der Waals surface area contributed by atoms with E-state index in [2.05, 4.69) is 24.1 Å². The first-order valence-corrected chi connectivity index (χ1v) is 8.04. The molecule has 0 radical (unpaired) electrons. The highest BCUT2D eigenvalue weighted by Crippen LogP contribution is 2.31. The van der Waals surface area contributed by atoms with E-state index >= 15 is 0 Å². The number of aryl methyl sites for hydroxylation is 1. The van der Waals surface area contributed by atoms with Gasteiger partial charge in [-0.15, -0.1) is 28.7 Å². The van der Waals surface area contributed by atoms with Gasteiger partial charge >= 0.3 is 0 Å². The number of rotatable bonds is 3. The number of allylic oxidation sites excluding steroid dienone is 2. The molecule has 6 heteroatoms. The van der Waals surface area contributed by atoms with Crippen LogP contribution in [-0.4, -0.2) is 29.0 Å². The van der Waals surface area contributed by atoms with Crippen LogP contribution in [0.1, 0.15) is 36.2 Å². The van der Waals surface area contributed by atoms with Crippen LogP contribution in [0.3, 0.4) is 0 Å². The van der Waals surface area contributed by atoms with E-state index in [9.17, 15) is 9.59 Å². The van der Waals surface area contributed by atoms with Crippen LogP contribution < -0.4 is 5.32 Å². The van der Waals surface area contributed by atoms with E-state index in [0.29, 0.717) is 19.4 Å². The van der Waals surface area contributed by atoms with Crippen molar-refractivity contribution in [3.63, 3.8) is 0 Å². The quantitative estimate of drug-likeness (QED) is 0.811. The number of carbonyl (C=O) groups is 2. The van der Waals surface area contributed by atoms with Crippen molar-refractivity contribution < 1.29 is 9.59 Å². The number of benzene rings is 1. The molecule has 0 fully saturated rings. The zero-order valence-corrected chi connectivity index (χ0v) is 15.2. The van der Waals surface area contributed by atoms with Crippen molar-refractivity contribution in [2.24, 2.45) is 0 Å². The van der Waals surface area contributed by atoms with Crippen molar-refractivity contribution in [1.82, 2.24) is 4.90 Å². The minimum absolute atomic E-state index is 0.